The first-order valence-corrected chi connectivity index (χ1v) is 8.11. The molecule has 2 heterocycles. The highest BCUT2D eigenvalue weighted by Gasteiger charge is 2.15. The lowest BCUT2D eigenvalue weighted by Crippen LogP contribution is -2.25. The van der Waals surface area contributed by atoms with E-state index in [0.29, 0.717) is 24.6 Å². The van der Waals surface area contributed by atoms with Gasteiger partial charge < -0.3 is 25.0 Å². The van der Waals surface area contributed by atoms with Crippen LogP contribution >= 0.6 is 0 Å². The Labute approximate surface area is 147 Å². The predicted octanol–water partition coefficient (Wildman–Crippen LogP) is 2.11. The molecule has 0 unspecified atom stereocenters. The number of anilines is 3. The van der Waals surface area contributed by atoms with Gasteiger partial charge in [-0.3, -0.25) is 4.79 Å². The number of likely N-dealkylation sites (N-methyl/N-ethyl adjacent to an activating group) is 1. The number of carbonyl (C=O) groups is 1. The van der Waals surface area contributed by atoms with E-state index in [1.165, 1.54) is 0 Å². The number of fused-ring (bicyclic) bond motifs is 1. The van der Waals surface area contributed by atoms with Crippen LogP contribution in [-0.2, 0) is 16.1 Å². The normalized spacial score (nSPS) is 12.8. The summed E-state index contributed by atoms with van der Waals surface area (Å²) in [5.74, 6) is 1.46. The van der Waals surface area contributed by atoms with Gasteiger partial charge in [0.15, 0.2) is 6.61 Å². The number of hydrogen-bond donors (Lipinski definition) is 2. The average molecular weight is 342 g/mol. The second-order valence-electron chi connectivity index (χ2n) is 5.84. The minimum atomic E-state index is -0.130. The summed E-state index contributed by atoms with van der Waals surface area (Å²) in [5.41, 5.74) is 2.71. The number of methoxy groups -OCH3 is 1. The van der Waals surface area contributed by atoms with Crippen LogP contribution in [0.3, 0.4) is 0 Å². The van der Waals surface area contributed by atoms with Crippen molar-refractivity contribution in [2.45, 2.75) is 6.54 Å². The molecule has 0 radical (unpaired) electrons. The van der Waals surface area contributed by atoms with Crippen LogP contribution in [0.5, 0.6) is 5.75 Å². The zero-order valence-electron chi connectivity index (χ0n) is 14.4. The van der Waals surface area contributed by atoms with Gasteiger partial charge in [-0.25, -0.2) is 4.98 Å². The van der Waals surface area contributed by atoms with E-state index in [1.54, 1.807) is 7.11 Å². The summed E-state index contributed by atoms with van der Waals surface area (Å²) in [6, 6.07) is 9.68. The zero-order valence-corrected chi connectivity index (χ0v) is 14.4. The van der Waals surface area contributed by atoms with Crippen LogP contribution in [0.4, 0.5) is 17.2 Å². The van der Waals surface area contributed by atoms with Crippen molar-refractivity contribution in [3.63, 3.8) is 0 Å². The first-order chi connectivity index (χ1) is 12.2. The van der Waals surface area contributed by atoms with E-state index < -0.39 is 0 Å². The SMILES string of the molecule is COCCN(C)c1ccc(CNc2ccc3c(c2)OCC(=O)N3)cn1. The molecular formula is C18H22N4O3. The number of aromatic nitrogens is 1. The molecule has 0 spiro atoms. The van der Waals surface area contributed by atoms with Gasteiger partial charge in [-0.1, -0.05) is 6.07 Å². The maximum absolute atomic E-state index is 11.3. The topological polar surface area (TPSA) is 75.7 Å². The number of amides is 1. The maximum atomic E-state index is 11.3. The Hall–Kier alpha value is -2.80. The van der Waals surface area contributed by atoms with E-state index in [1.807, 2.05) is 43.6 Å². The van der Waals surface area contributed by atoms with Crippen LogP contribution in [0.25, 0.3) is 0 Å². The minimum Gasteiger partial charge on any atom is -0.482 e. The second-order valence-corrected chi connectivity index (χ2v) is 5.84. The maximum Gasteiger partial charge on any atom is 0.262 e. The molecular weight excluding hydrogens is 320 g/mol. The Kier molecular flexibility index (Phi) is 5.35. The van der Waals surface area contributed by atoms with Crippen molar-refractivity contribution in [2.24, 2.45) is 0 Å². The number of nitrogens with one attached hydrogen (secondary N) is 2. The van der Waals surface area contributed by atoms with E-state index in [-0.39, 0.29) is 12.5 Å². The molecule has 25 heavy (non-hydrogen) atoms. The van der Waals surface area contributed by atoms with Crippen LogP contribution in [0.2, 0.25) is 0 Å². The van der Waals surface area contributed by atoms with Gasteiger partial charge in [0, 0.05) is 45.2 Å². The van der Waals surface area contributed by atoms with Crippen LogP contribution < -0.4 is 20.3 Å². The molecule has 132 valence electrons. The molecule has 3 rings (SSSR count). The monoisotopic (exact) mass is 342 g/mol. The third kappa shape index (κ3) is 4.39. The number of pyridine rings is 1. The number of ether oxygens (including phenoxy) is 2. The van der Waals surface area contributed by atoms with Gasteiger partial charge in [-0.15, -0.1) is 0 Å². The smallest absolute Gasteiger partial charge is 0.262 e. The average Bonchev–Trinajstić information content (AvgIpc) is 2.64. The van der Waals surface area contributed by atoms with E-state index >= 15 is 0 Å². The molecule has 0 fully saturated rings. The molecule has 0 saturated heterocycles. The molecule has 0 aliphatic carbocycles. The standard InChI is InChI=1S/C18H22N4O3/c1-22(7-8-24-2)17-6-3-13(11-20-17)10-19-14-4-5-15-16(9-14)25-12-18(23)21-15/h3-6,9,11,19H,7-8,10,12H2,1-2H3,(H,21,23). The number of nitrogens with zero attached hydrogens (tertiary/aromatic N) is 2. The number of benzene rings is 1. The molecule has 7 heteroatoms. The lowest BCUT2D eigenvalue weighted by molar-refractivity contribution is -0.118. The van der Waals surface area contributed by atoms with Crippen LogP contribution in [-0.4, -0.2) is 44.8 Å². The van der Waals surface area contributed by atoms with Gasteiger partial charge in [-0.05, 0) is 23.8 Å². The Bertz CT molecular complexity index is 734. The summed E-state index contributed by atoms with van der Waals surface area (Å²) in [4.78, 5) is 17.8. The molecule has 0 atom stereocenters. The van der Waals surface area contributed by atoms with Crippen molar-refractivity contribution < 1.29 is 14.3 Å². The van der Waals surface area contributed by atoms with Gasteiger partial charge in [-0.2, -0.15) is 0 Å². The molecule has 7 nitrogen and oxygen atoms in total. The molecule has 1 amide bonds. The van der Waals surface area contributed by atoms with Crippen molar-refractivity contribution >= 4 is 23.1 Å². The molecule has 1 aromatic carbocycles. The van der Waals surface area contributed by atoms with Gasteiger partial charge in [0.25, 0.3) is 5.91 Å². The highest BCUT2D eigenvalue weighted by Crippen LogP contribution is 2.30. The lowest BCUT2D eigenvalue weighted by atomic mass is 10.2. The summed E-state index contributed by atoms with van der Waals surface area (Å²) >= 11 is 0. The Morgan fingerprint density at radius 2 is 2.24 bits per heavy atom. The predicted molar refractivity (Wildman–Crippen MR) is 97.3 cm³/mol. The van der Waals surface area contributed by atoms with Crippen LogP contribution in [0, 0.1) is 0 Å². The fraction of sp³-hybridized carbons (Fsp3) is 0.333. The third-order valence-corrected chi connectivity index (χ3v) is 3.94. The summed E-state index contributed by atoms with van der Waals surface area (Å²) in [7, 11) is 3.68. The molecule has 2 N–H and O–H groups in total. The van der Waals surface area contributed by atoms with Gasteiger partial charge >= 0.3 is 0 Å². The molecule has 1 aliphatic rings. The van der Waals surface area contributed by atoms with E-state index in [9.17, 15) is 4.79 Å². The largest absolute Gasteiger partial charge is 0.482 e. The van der Waals surface area contributed by atoms with Gasteiger partial charge in [0.1, 0.15) is 11.6 Å². The van der Waals surface area contributed by atoms with E-state index in [2.05, 4.69) is 20.5 Å². The van der Waals surface area contributed by atoms with Gasteiger partial charge in [0.2, 0.25) is 0 Å². The lowest BCUT2D eigenvalue weighted by Gasteiger charge is -2.19. The van der Waals surface area contributed by atoms with E-state index in [4.69, 9.17) is 9.47 Å². The second kappa shape index (κ2) is 7.85. The van der Waals surface area contributed by atoms with Crippen molar-refractivity contribution in [3.05, 3.63) is 42.1 Å². The highest BCUT2D eigenvalue weighted by atomic mass is 16.5. The Morgan fingerprint density at radius 1 is 1.36 bits per heavy atom. The molecule has 1 aliphatic heterocycles. The van der Waals surface area contributed by atoms with Gasteiger partial charge in [0.05, 0.1) is 12.3 Å². The molecule has 1 aromatic heterocycles. The zero-order chi connectivity index (χ0) is 17.6. The number of hydrogen-bond acceptors (Lipinski definition) is 6. The first-order valence-electron chi connectivity index (χ1n) is 8.11. The molecule has 0 bridgehead atoms. The summed E-state index contributed by atoms with van der Waals surface area (Å²) in [6.45, 7) is 2.17. The summed E-state index contributed by atoms with van der Waals surface area (Å²) in [6.07, 6.45) is 1.86. The van der Waals surface area contributed by atoms with Crippen molar-refractivity contribution in [2.75, 3.05) is 49.4 Å². The number of rotatable bonds is 7. The third-order valence-electron chi connectivity index (χ3n) is 3.94. The molecule has 2 aromatic rings. The molecule has 0 saturated carbocycles. The van der Waals surface area contributed by atoms with Crippen molar-refractivity contribution in [1.82, 2.24) is 4.98 Å². The van der Waals surface area contributed by atoms with Crippen molar-refractivity contribution in [1.29, 1.82) is 0 Å². The highest BCUT2D eigenvalue weighted by molar-refractivity contribution is 5.95. The fourth-order valence-corrected chi connectivity index (χ4v) is 2.48. The van der Waals surface area contributed by atoms with Crippen molar-refractivity contribution in [3.8, 4) is 5.75 Å². The summed E-state index contributed by atoms with van der Waals surface area (Å²) in [5, 5.41) is 6.12. The van der Waals surface area contributed by atoms with Crippen LogP contribution in [0.15, 0.2) is 36.5 Å². The summed E-state index contributed by atoms with van der Waals surface area (Å²) < 4.78 is 10.5. The van der Waals surface area contributed by atoms with E-state index in [0.717, 1.165) is 23.6 Å². The van der Waals surface area contributed by atoms with Crippen LogP contribution in [0.1, 0.15) is 5.56 Å². The fourth-order valence-electron chi connectivity index (χ4n) is 2.48. The first kappa shape index (κ1) is 17.0. The number of carbonyl (C=O) groups excluding carboxylic acids is 1. The minimum absolute atomic E-state index is 0.0540. The quantitative estimate of drug-likeness (QED) is 0.803. The Morgan fingerprint density at radius 3 is 3.00 bits per heavy atom. The Balaban J connectivity index is 1.57.